The molecule has 0 aliphatic carbocycles. The highest BCUT2D eigenvalue weighted by Crippen LogP contribution is 2.33. The van der Waals surface area contributed by atoms with Gasteiger partial charge < -0.3 is 19.4 Å². The molecule has 0 aromatic heterocycles. The van der Waals surface area contributed by atoms with Crippen molar-refractivity contribution in [3.05, 3.63) is 0 Å². The SMILES string of the molecule is CN1CCOCC1.COP(=O)(O)O. The van der Waals surface area contributed by atoms with Crippen LogP contribution in [0.4, 0.5) is 0 Å². The Bertz CT molecular complexity index is 164. The second-order valence-electron chi connectivity index (χ2n) is 2.59. The predicted octanol–water partition coefficient (Wildman–Crippen LogP) is -0.326. The lowest BCUT2D eigenvalue weighted by Gasteiger charge is -2.21. The fraction of sp³-hybridized carbons (Fsp3) is 1.00. The van der Waals surface area contributed by atoms with Crippen LogP contribution in [0.25, 0.3) is 0 Å². The van der Waals surface area contributed by atoms with Gasteiger partial charge in [0.25, 0.3) is 0 Å². The summed E-state index contributed by atoms with van der Waals surface area (Å²) in [5.74, 6) is 0. The second-order valence-corrected chi connectivity index (χ2v) is 3.94. The maximum atomic E-state index is 9.47. The molecule has 0 saturated carbocycles. The first-order valence-corrected chi connectivity index (χ1v) is 5.36. The first-order chi connectivity index (χ1) is 5.95. The van der Waals surface area contributed by atoms with Gasteiger partial charge in [0.2, 0.25) is 0 Å². The van der Waals surface area contributed by atoms with Gasteiger partial charge in [0.1, 0.15) is 0 Å². The van der Waals surface area contributed by atoms with E-state index >= 15 is 0 Å². The molecule has 1 aliphatic heterocycles. The minimum Gasteiger partial charge on any atom is -0.379 e. The van der Waals surface area contributed by atoms with E-state index in [9.17, 15) is 4.57 Å². The van der Waals surface area contributed by atoms with Crippen molar-refractivity contribution in [2.45, 2.75) is 0 Å². The first-order valence-electron chi connectivity index (χ1n) is 3.83. The Balaban J connectivity index is 0.000000226. The van der Waals surface area contributed by atoms with E-state index in [0.29, 0.717) is 0 Å². The first kappa shape index (κ1) is 13.0. The van der Waals surface area contributed by atoms with E-state index in [4.69, 9.17) is 14.5 Å². The van der Waals surface area contributed by atoms with Crippen LogP contribution in [0.5, 0.6) is 0 Å². The van der Waals surface area contributed by atoms with Crippen LogP contribution >= 0.6 is 7.82 Å². The molecule has 0 unspecified atom stereocenters. The standard InChI is InChI=1S/C5H11NO.CH5O4P/c1-6-2-4-7-5-3-6;1-5-6(2,3)4/h2-5H2,1H3;1H3,(H2,2,3,4). The molecule has 1 fully saturated rings. The summed E-state index contributed by atoms with van der Waals surface area (Å²) in [6.07, 6.45) is 0. The van der Waals surface area contributed by atoms with Crippen molar-refractivity contribution in [1.82, 2.24) is 4.90 Å². The van der Waals surface area contributed by atoms with Crippen LogP contribution in [0.1, 0.15) is 0 Å². The van der Waals surface area contributed by atoms with E-state index in [2.05, 4.69) is 16.5 Å². The molecule has 0 spiro atoms. The molecular formula is C6H16NO5P. The number of rotatable bonds is 1. The van der Waals surface area contributed by atoms with E-state index in [1.54, 1.807) is 0 Å². The topological polar surface area (TPSA) is 79.2 Å². The Morgan fingerprint density at radius 2 is 1.77 bits per heavy atom. The molecule has 7 heteroatoms. The zero-order chi connectivity index (χ0) is 10.3. The van der Waals surface area contributed by atoms with Gasteiger partial charge in [-0.15, -0.1) is 0 Å². The number of hydrogen-bond acceptors (Lipinski definition) is 4. The van der Waals surface area contributed by atoms with Crippen LogP contribution in [0.2, 0.25) is 0 Å². The summed E-state index contributed by atoms with van der Waals surface area (Å²) in [7, 11) is -1.09. The highest BCUT2D eigenvalue weighted by atomic mass is 31.2. The molecule has 6 nitrogen and oxygen atoms in total. The van der Waals surface area contributed by atoms with Gasteiger partial charge in [0.05, 0.1) is 13.2 Å². The van der Waals surface area contributed by atoms with Crippen molar-refractivity contribution in [1.29, 1.82) is 0 Å². The third-order valence-corrected chi connectivity index (χ3v) is 1.95. The molecule has 1 aliphatic rings. The van der Waals surface area contributed by atoms with Crippen molar-refractivity contribution < 1.29 is 23.6 Å². The predicted molar refractivity (Wildman–Crippen MR) is 47.4 cm³/mol. The van der Waals surface area contributed by atoms with Crippen LogP contribution in [-0.2, 0) is 13.8 Å². The molecule has 13 heavy (non-hydrogen) atoms. The summed E-state index contributed by atoms with van der Waals surface area (Å²) >= 11 is 0. The fourth-order valence-electron chi connectivity index (χ4n) is 0.655. The summed E-state index contributed by atoms with van der Waals surface area (Å²) < 4.78 is 18.2. The molecular weight excluding hydrogens is 197 g/mol. The van der Waals surface area contributed by atoms with Crippen LogP contribution in [0.15, 0.2) is 0 Å². The van der Waals surface area contributed by atoms with Crippen LogP contribution < -0.4 is 0 Å². The molecule has 0 aromatic carbocycles. The zero-order valence-corrected chi connectivity index (χ0v) is 8.74. The molecule has 0 aromatic rings. The number of morpholine rings is 1. The number of phosphoric acid groups is 1. The van der Waals surface area contributed by atoms with Gasteiger partial charge >= 0.3 is 7.82 Å². The molecule has 0 bridgehead atoms. The Labute approximate surface area is 77.7 Å². The van der Waals surface area contributed by atoms with Crippen molar-refractivity contribution in [3.63, 3.8) is 0 Å². The minimum atomic E-state index is -4.15. The Kier molecular flexibility index (Phi) is 6.49. The van der Waals surface area contributed by atoms with Crippen molar-refractivity contribution in [3.8, 4) is 0 Å². The van der Waals surface area contributed by atoms with Crippen LogP contribution in [0.3, 0.4) is 0 Å². The lowest BCUT2D eigenvalue weighted by Crippen LogP contribution is -2.32. The van der Waals surface area contributed by atoms with E-state index in [-0.39, 0.29) is 0 Å². The normalized spacial score (nSPS) is 19.1. The van der Waals surface area contributed by atoms with Gasteiger partial charge in [0, 0.05) is 20.2 Å². The third kappa shape index (κ3) is 9.95. The third-order valence-electron chi connectivity index (χ3n) is 1.47. The quantitative estimate of drug-likeness (QED) is 0.581. The largest absolute Gasteiger partial charge is 0.469 e. The van der Waals surface area contributed by atoms with E-state index in [1.165, 1.54) is 0 Å². The number of ether oxygens (including phenoxy) is 1. The van der Waals surface area contributed by atoms with E-state index in [0.717, 1.165) is 33.4 Å². The number of hydrogen-bond donors (Lipinski definition) is 2. The number of likely N-dealkylation sites (N-methyl/N-ethyl adjacent to an activating group) is 1. The Hall–Kier alpha value is 0.0300. The molecule has 80 valence electrons. The average Bonchev–Trinajstić information content (AvgIpc) is 2.06. The van der Waals surface area contributed by atoms with E-state index in [1.807, 2.05) is 0 Å². The summed E-state index contributed by atoms with van der Waals surface area (Å²) in [6.45, 7) is 4.02. The van der Waals surface area contributed by atoms with Gasteiger partial charge in [-0.05, 0) is 7.05 Å². The molecule has 0 amide bonds. The zero-order valence-electron chi connectivity index (χ0n) is 7.84. The Morgan fingerprint density at radius 3 is 1.92 bits per heavy atom. The highest BCUT2D eigenvalue weighted by molar-refractivity contribution is 7.46. The number of phosphoric ester groups is 1. The van der Waals surface area contributed by atoms with Gasteiger partial charge in [-0.3, -0.25) is 4.52 Å². The van der Waals surface area contributed by atoms with Gasteiger partial charge in [0.15, 0.2) is 0 Å². The summed E-state index contributed by atoms with van der Waals surface area (Å²) in [6, 6.07) is 0. The van der Waals surface area contributed by atoms with Crippen molar-refractivity contribution in [2.24, 2.45) is 0 Å². The van der Waals surface area contributed by atoms with Crippen LogP contribution in [-0.4, -0.2) is 55.1 Å². The highest BCUT2D eigenvalue weighted by Gasteiger charge is 2.07. The summed E-state index contributed by atoms with van der Waals surface area (Å²) in [5.41, 5.74) is 0. The van der Waals surface area contributed by atoms with Crippen LogP contribution in [0, 0.1) is 0 Å². The lowest BCUT2D eigenvalue weighted by molar-refractivity contribution is 0.0503. The molecule has 0 radical (unpaired) electrons. The van der Waals surface area contributed by atoms with Gasteiger partial charge in [-0.1, -0.05) is 0 Å². The average molecular weight is 213 g/mol. The number of nitrogens with zero attached hydrogens (tertiary/aromatic N) is 1. The summed E-state index contributed by atoms with van der Waals surface area (Å²) in [4.78, 5) is 17.7. The monoisotopic (exact) mass is 213 g/mol. The van der Waals surface area contributed by atoms with Crippen molar-refractivity contribution >= 4 is 7.82 Å². The fourth-order valence-corrected chi connectivity index (χ4v) is 0.655. The molecule has 2 N–H and O–H groups in total. The van der Waals surface area contributed by atoms with Gasteiger partial charge in [-0.2, -0.15) is 0 Å². The maximum absolute atomic E-state index is 9.47. The van der Waals surface area contributed by atoms with E-state index < -0.39 is 7.82 Å². The second kappa shape index (κ2) is 6.48. The molecule has 1 saturated heterocycles. The minimum absolute atomic E-state index is 0.913. The molecule has 0 atom stereocenters. The summed E-state index contributed by atoms with van der Waals surface area (Å²) in [5, 5.41) is 0. The lowest BCUT2D eigenvalue weighted by atomic mass is 10.5. The van der Waals surface area contributed by atoms with Gasteiger partial charge in [-0.25, -0.2) is 4.57 Å². The van der Waals surface area contributed by atoms with Crippen molar-refractivity contribution in [2.75, 3.05) is 40.5 Å². The Morgan fingerprint density at radius 1 is 1.38 bits per heavy atom. The molecule has 1 rings (SSSR count). The smallest absolute Gasteiger partial charge is 0.379 e. The molecule has 1 heterocycles. The maximum Gasteiger partial charge on any atom is 0.469 e.